The van der Waals surface area contributed by atoms with Gasteiger partial charge in [0, 0.05) is 10.5 Å². The van der Waals surface area contributed by atoms with Crippen LogP contribution in [0.3, 0.4) is 0 Å². The molecule has 3 nitrogen and oxygen atoms in total. The lowest BCUT2D eigenvalue weighted by atomic mass is 9.97. The van der Waals surface area contributed by atoms with Crippen molar-refractivity contribution in [3.8, 4) is 0 Å². The Balaban J connectivity index is 2.81. The van der Waals surface area contributed by atoms with Gasteiger partial charge in [0.25, 0.3) is 0 Å². The molecule has 0 aliphatic rings. The molecule has 1 N–H and O–H groups in total. The van der Waals surface area contributed by atoms with Gasteiger partial charge in [0.05, 0.1) is 7.11 Å². The van der Waals surface area contributed by atoms with Crippen LogP contribution in [0.5, 0.6) is 0 Å². The maximum Gasteiger partial charge on any atom is 0.323 e. The van der Waals surface area contributed by atoms with Gasteiger partial charge in [0.1, 0.15) is 6.04 Å². The predicted octanol–water partition coefficient (Wildman–Crippen LogP) is 3.69. The van der Waals surface area contributed by atoms with E-state index < -0.39 is 0 Å². The van der Waals surface area contributed by atoms with E-state index in [1.165, 1.54) is 7.11 Å². The molecule has 0 amide bonds. The van der Waals surface area contributed by atoms with Gasteiger partial charge in [-0.25, -0.2) is 0 Å². The molecule has 0 aliphatic carbocycles. The summed E-state index contributed by atoms with van der Waals surface area (Å²) in [5, 5.41) is 3.37. The first-order valence-electron chi connectivity index (χ1n) is 6.58. The molecule has 106 valence electrons. The lowest BCUT2D eigenvalue weighted by molar-refractivity contribution is -0.144. The summed E-state index contributed by atoms with van der Waals surface area (Å²) in [5.74, 6) is 0.0400. The number of esters is 1. The summed E-state index contributed by atoms with van der Waals surface area (Å²) < 4.78 is 5.92. The Morgan fingerprint density at radius 3 is 2.63 bits per heavy atom. The van der Waals surface area contributed by atoms with Crippen molar-refractivity contribution < 1.29 is 9.53 Å². The van der Waals surface area contributed by atoms with Crippen molar-refractivity contribution >= 4 is 21.9 Å². The Labute approximate surface area is 123 Å². The fraction of sp³-hybridized carbons (Fsp3) is 0.533. The number of hydrogen-bond acceptors (Lipinski definition) is 3. The summed E-state index contributed by atoms with van der Waals surface area (Å²) in [6.45, 7) is 6.19. The van der Waals surface area contributed by atoms with Crippen LogP contribution in [-0.2, 0) is 9.53 Å². The first-order chi connectivity index (χ1) is 8.99. The highest BCUT2D eigenvalue weighted by atomic mass is 79.9. The van der Waals surface area contributed by atoms with Crippen LogP contribution in [0, 0.1) is 5.92 Å². The van der Waals surface area contributed by atoms with Gasteiger partial charge in [-0.15, -0.1) is 0 Å². The van der Waals surface area contributed by atoms with Crippen LogP contribution in [-0.4, -0.2) is 19.1 Å². The quantitative estimate of drug-likeness (QED) is 0.810. The maximum atomic E-state index is 11.9. The van der Waals surface area contributed by atoms with Gasteiger partial charge in [0.15, 0.2) is 0 Å². The highest BCUT2D eigenvalue weighted by Gasteiger charge is 2.26. The Hall–Kier alpha value is -0.870. The molecule has 19 heavy (non-hydrogen) atoms. The molecule has 1 rings (SSSR count). The van der Waals surface area contributed by atoms with Gasteiger partial charge in [0.2, 0.25) is 0 Å². The standard InChI is InChI=1S/C15H22BrNO2/c1-5-10(2)14(15(18)19-4)17-11(3)12-7-6-8-13(16)9-12/h6-11,14,17H,5H2,1-4H3. The van der Waals surface area contributed by atoms with E-state index in [2.05, 4.69) is 48.1 Å². The van der Waals surface area contributed by atoms with Gasteiger partial charge < -0.3 is 4.74 Å². The first-order valence-corrected chi connectivity index (χ1v) is 7.38. The smallest absolute Gasteiger partial charge is 0.323 e. The third-order valence-electron chi connectivity index (χ3n) is 3.45. The fourth-order valence-corrected chi connectivity index (χ4v) is 2.39. The number of nitrogens with one attached hydrogen (secondary N) is 1. The molecule has 0 heterocycles. The predicted molar refractivity (Wildman–Crippen MR) is 81.0 cm³/mol. The van der Waals surface area contributed by atoms with Gasteiger partial charge >= 0.3 is 5.97 Å². The number of halogens is 1. The molecule has 4 heteroatoms. The van der Waals surface area contributed by atoms with Crippen molar-refractivity contribution in [2.75, 3.05) is 7.11 Å². The van der Waals surface area contributed by atoms with Crippen molar-refractivity contribution in [2.45, 2.75) is 39.3 Å². The van der Waals surface area contributed by atoms with E-state index in [1.54, 1.807) is 0 Å². The molecular formula is C15H22BrNO2. The van der Waals surface area contributed by atoms with E-state index in [0.29, 0.717) is 0 Å². The Kier molecular flexibility index (Phi) is 6.52. The SMILES string of the molecule is CCC(C)C(NC(C)c1cccc(Br)c1)C(=O)OC. The van der Waals surface area contributed by atoms with Crippen molar-refractivity contribution in [1.82, 2.24) is 5.32 Å². The first kappa shape index (κ1) is 16.2. The number of hydrogen-bond donors (Lipinski definition) is 1. The summed E-state index contributed by atoms with van der Waals surface area (Å²) in [7, 11) is 1.43. The van der Waals surface area contributed by atoms with Crippen LogP contribution in [0.15, 0.2) is 28.7 Å². The van der Waals surface area contributed by atoms with E-state index in [4.69, 9.17) is 4.74 Å². The summed E-state index contributed by atoms with van der Waals surface area (Å²) in [4.78, 5) is 11.9. The number of benzene rings is 1. The van der Waals surface area contributed by atoms with Crippen LogP contribution in [0.25, 0.3) is 0 Å². The fourth-order valence-electron chi connectivity index (χ4n) is 1.97. The van der Waals surface area contributed by atoms with Crippen molar-refractivity contribution in [3.63, 3.8) is 0 Å². The molecule has 3 atom stereocenters. The van der Waals surface area contributed by atoms with Crippen LogP contribution in [0.4, 0.5) is 0 Å². The minimum atomic E-state index is -0.274. The monoisotopic (exact) mass is 327 g/mol. The average molecular weight is 328 g/mol. The Morgan fingerprint density at radius 1 is 1.42 bits per heavy atom. The zero-order valence-corrected chi connectivity index (χ0v) is 13.5. The summed E-state index contributed by atoms with van der Waals surface area (Å²) in [5.41, 5.74) is 1.14. The lowest BCUT2D eigenvalue weighted by Crippen LogP contribution is -2.43. The van der Waals surface area contributed by atoms with Crippen LogP contribution >= 0.6 is 15.9 Å². The minimum Gasteiger partial charge on any atom is -0.468 e. The number of carbonyl (C=O) groups excluding carboxylic acids is 1. The number of rotatable bonds is 6. The van der Waals surface area contributed by atoms with Gasteiger partial charge in [-0.3, -0.25) is 10.1 Å². The van der Waals surface area contributed by atoms with E-state index in [-0.39, 0.29) is 24.0 Å². The van der Waals surface area contributed by atoms with Crippen molar-refractivity contribution in [1.29, 1.82) is 0 Å². The Morgan fingerprint density at radius 2 is 2.11 bits per heavy atom. The molecule has 0 aromatic heterocycles. The van der Waals surface area contributed by atoms with Crippen LogP contribution < -0.4 is 5.32 Å². The summed E-state index contributed by atoms with van der Waals surface area (Å²) in [6.07, 6.45) is 0.929. The van der Waals surface area contributed by atoms with Gasteiger partial charge in [-0.05, 0) is 30.5 Å². The maximum absolute atomic E-state index is 11.9. The Bertz CT molecular complexity index is 422. The number of ether oxygens (including phenoxy) is 1. The second-order valence-electron chi connectivity index (χ2n) is 4.83. The average Bonchev–Trinajstić information content (AvgIpc) is 2.42. The topological polar surface area (TPSA) is 38.3 Å². The van der Waals surface area contributed by atoms with Crippen molar-refractivity contribution in [3.05, 3.63) is 34.3 Å². The van der Waals surface area contributed by atoms with Gasteiger partial charge in [-0.1, -0.05) is 48.3 Å². The second-order valence-corrected chi connectivity index (χ2v) is 5.75. The zero-order chi connectivity index (χ0) is 14.4. The third kappa shape index (κ3) is 4.62. The van der Waals surface area contributed by atoms with E-state index in [0.717, 1.165) is 16.5 Å². The number of carbonyl (C=O) groups is 1. The molecule has 0 spiro atoms. The molecule has 1 aromatic rings. The van der Waals surface area contributed by atoms with Crippen molar-refractivity contribution in [2.24, 2.45) is 5.92 Å². The molecular weight excluding hydrogens is 306 g/mol. The molecule has 1 aromatic carbocycles. The molecule has 0 saturated carbocycles. The summed E-state index contributed by atoms with van der Waals surface area (Å²) >= 11 is 3.46. The van der Waals surface area contributed by atoms with Gasteiger partial charge in [-0.2, -0.15) is 0 Å². The summed E-state index contributed by atoms with van der Waals surface area (Å²) in [6, 6.07) is 7.91. The highest BCUT2D eigenvalue weighted by molar-refractivity contribution is 9.10. The third-order valence-corrected chi connectivity index (χ3v) is 3.94. The molecule has 0 radical (unpaired) electrons. The van der Waals surface area contributed by atoms with Crippen LogP contribution in [0.2, 0.25) is 0 Å². The van der Waals surface area contributed by atoms with Crippen LogP contribution in [0.1, 0.15) is 38.8 Å². The molecule has 0 aliphatic heterocycles. The molecule has 0 saturated heterocycles. The largest absolute Gasteiger partial charge is 0.468 e. The minimum absolute atomic E-state index is 0.0931. The van der Waals surface area contributed by atoms with E-state index >= 15 is 0 Å². The normalized spacial score (nSPS) is 15.6. The molecule has 3 unspecified atom stereocenters. The van der Waals surface area contributed by atoms with E-state index in [9.17, 15) is 4.79 Å². The molecule has 0 fully saturated rings. The number of methoxy groups -OCH3 is 1. The lowest BCUT2D eigenvalue weighted by Gasteiger charge is -2.26. The molecule has 0 bridgehead atoms. The second kappa shape index (κ2) is 7.65. The van der Waals surface area contributed by atoms with E-state index in [1.807, 2.05) is 18.2 Å². The zero-order valence-electron chi connectivity index (χ0n) is 11.9. The highest BCUT2D eigenvalue weighted by Crippen LogP contribution is 2.20.